The lowest BCUT2D eigenvalue weighted by molar-refractivity contribution is 0.101. The average Bonchev–Trinajstić information content (AvgIpc) is 2.94. The van der Waals surface area contributed by atoms with Crippen LogP contribution in [0, 0.1) is 0 Å². The van der Waals surface area contributed by atoms with E-state index in [4.69, 9.17) is 14.2 Å². The van der Waals surface area contributed by atoms with Crippen molar-refractivity contribution in [2.45, 2.75) is 6.92 Å². The summed E-state index contributed by atoms with van der Waals surface area (Å²) in [6, 6.07) is 6.19. The third-order valence-electron chi connectivity index (χ3n) is 3.19. The molecule has 0 bridgehead atoms. The first kappa shape index (κ1) is 18.0. The highest BCUT2D eigenvalue weighted by molar-refractivity contribution is 6.00. The van der Waals surface area contributed by atoms with Gasteiger partial charge in [-0.3, -0.25) is 4.79 Å². The standard InChI is InChI=1S/C18H17NO6/c1-4-8-23-17(21)19-15-7-6-13(12(3)20)10-14(15)11-16(19)25-18(22)24-9-5-2/h4-7,10-11H,1-2,8-9H2,3H3. The molecule has 0 aliphatic heterocycles. The van der Waals surface area contributed by atoms with Crippen LogP contribution in [0.25, 0.3) is 10.9 Å². The first-order valence-electron chi connectivity index (χ1n) is 7.38. The van der Waals surface area contributed by atoms with Crippen LogP contribution in [0.2, 0.25) is 0 Å². The van der Waals surface area contributed by atoms with Crippen molar-refractivity contribution in [1.29, 1.82) is 0 Å². The SMILES string of the molecule is C=CCOC(=O)Oc1cc2cc(C(C)=O)ccc2n1C(=O)OCC=C. The lowest BCUT2D eigenvalue weighted by Crippen LogP contribution is -2.18. The smallest absolute Gasteiger partial charge is 0.445 e. The van der Waals surface area contributed by atoms with Gasteiger partial charge in [0.25, 0.3) is 0 Å². The molecule has 1 heterocycles. The number of hydrogen-bond donors (Lipinski definition) is 0. The van der Waals surface area contributed by atoms with Crippen LogP contribution in [0.1, 0.15) is 17.3 Å². The summed E-state index contributed by atoms with van der Waals surface area (Å²) in [5, 5.41) is 0.537. The number of aromatic nitrogens is 1. The van der Waals surface area contributed by atoms with Gasteiger partial charge in [-0.25, -0.2) is 14.2 Å². The normalized spacial score (nSPS) is 10.1. The van der Waals surface area contributed by atoms with Crippen molar-refractivity contribution >= 4 is 28.9 Å². The van der Waals surface area contributed by atoms with Gasteiger partial charge in [0.2, 0.25) is 5.88 Å². The summed E-state index contributed by atoms with van der Waals surface area (Å²) in [5.41, 5.74) is 0.885. The number of fused-ring (bicyclic) bond motifs is 1. The highest BCUT2D eigenvalue weighted by atomic mass is 16.7. The van der Waals surface area contributed by atoms with Crippen molar-refractivity contribution in [1.82, 2.24) is 4.57 Å². The Hall–Kier alpha value is -3.35. The van der Waals surface area contributed by atoms with Gasteiger partial charge < -0.3 is 14.2 Å². The second-order valence-corrected chi connectivity index (χ2v) is 4.97. The van der Waals surface area contributed by atoms with E-state index in [0.29, 0.717) is 16.5 Å². The van der Waals surface area contributed by atoms with Gasteiger partial charge in [-0.05, 0) is 25.1 Å². The molecule has 1 aromatic heterocycles. The van der Waals surface area contributed by atoms with Crippen LogP contribution in [-0.2, 0) is 9.47 Å². The molecule has 7 heteroatoms. The Balaban J connectivity index is 2.47. The molecule has 0 aliphatic carbocycles. The molecule has 0 N–H and O–H groups in total. The van der Waals surface area contributed by atoms with E-state index in [1.807, 2.05) is 0 Å². The molecular formula is C18H17NO6. The molecule has 0 amide bonds. The van der Waals surface area contributed by atoms with Gasteiger partial charge in [0.05, 0.1) is 5.52 Å². The van der Waals surface area contributed by atoms with E-state index in [1.165, 1.54) is 25.1 Å². The number of carbonyl (C=O) groups excluding carboxylic acids is 3. The van der Waals surface area contributed by atoms with Crippen LogP contribution >= 0.6 is 0 Å². The topological polar surface area (TPSA) is 83.8 Å². The molecule has 0 spiro atoms. The van der Waals surface area contributed by atoms with E-state index in [9.17, 15) is 14.4 Å². The monoisotopic (exact) mass is 343 g/mol. The van der Waals surface area contributed by atoms with E-state index >= 15 is 0 Å². The Morgan fingerprint density at radius 1 is 1.08 bits per heavy atom. The Morgan fingerprint density at radius 2 is 1.76 bits per heavy atom. The van der Waals surface area contributed by atoms with E-state index in [1.54, 1.807) is 18.2 Å². The van der Waals surface area contributed by atoms with E-state index in [2.05, 4.69) is 13.2 Å². The van der Waals surface area contributed by atoms with Crippen molar-refractivity contribution in [3.8, 4) is 5.88 Å². The van der Waals surface area contributed by atoms with E-state index < -0.39 is 12.2 Å². The van der Waals surface area contributed by atoms with Crippen LogP contribution in [0.15, 0.2) is 49.6 Å². The first-order valence-corrected chi connectivity index (χ1v) is 7.38. The number of carbonyl (C=O) groups is 3. The molecule has 0 radical (unpaired) electrons. The van der Waals surface area contributed by atoms with Gasteiger partial charge in [-0.15, -0.1) is 0 Å². The van der Waals surface area contributed by atoms with Crippen molar-refractivity contribution in [3.63, 3.8) is 0 Å². The zero-order valence-electron chi connectivity index (χ0n) is 13.7. The fourth-order valence-corrected chi connectivity index (χ4v) is 2.11. The maximum atomic E-state index is 12.3. The molecule has 0 unspecified atom stereocenters. The van der Waals surface area contributed by atoms with Gasteiger partial charge in [0.15, 0.2) is 5.78 Å². The third-order valence-corrected chi connectivity index (χ3v) is 3.19. The van der Waals surface area contributed by atoms with Gasteiger partial charge in [-0.2, -0.15) is 0 Å². The highest BCUT2D eigenvalue weighted by Crippen LogP contribution is 2.27. The molecule has 1 aromatic carbocycles. The molecule has 7 nitrogen and oxygen atoms in total. The summed E-state index contributed by atoms with van der Waals surface area (Å²) < 4.78 is 15.9. The van der Waals surface area contributed by atoms with Crippen LogP contribution in [0.4, 0.5) is 9.59 Å². The largest absolute Gasteiger partial charge is 0.515 e. The molecule has 130 valence electrons. The van der Waals surface area contributed by atoms with Crippen molar-refractivity contribution in [3.05, 3.63) is 55.1 Å². The Labute approximate surface area is 144 Å². The summed E-state index contributed by atoms with van der Waals surface area (Å²) in [6.45, 7) is 8.29. The number of rotatable bonds is 6. The summed E-state index contributed by atoms with van der Waals surface area (Å²) in [5.74, 6) is -0.212. The molecule has 25 heavy (non-hydrogen) atoms. The summed E-state index contributed by atoms with van der Waals surface area (Å²) in [6.07, 6.45) is 1.05. The van der Waals surface area contributed by atoms with Crippen molar-refractivity contribution in [2.24, 2.45) is 0 Å². The van der Waals surface area contributed by atoms with Gasteiger partial charge in [0.1, 0.15) is 13.2 Å². The summed E-state index contributed by atoms with van der Waals surface area (Å²) in [4.78, 5) is 35.5. The summed E-state index contributed by atoms with van der Waals surface area (Å²) in [7, 11) is 0. The number of ketones is 1. The van der Waals surface area contributed by atoms with E-state index in [0.717, 1.165) is 4.57 Å². The minimum atomic E-state index is -0.993. The average molecular weight is 343 g/mol. The Kier molecular flexibility index (Phi) is 5.73. The van der Waals surface area contributed by atoms with Crippen molar-refractivity contribution in [2.75, 3.05) is 13.2 Å². The number of Topliss-reactive ketones (excluding diaryl/α,β-unsaturated/α-hetero) is 1. The minimum absolute atomic E-state index is 0.00954. The number of nitrogens with zero attached hydrogens (tertiary/aromatic N) is 1. The lowest BCUT2D eigenvalue weighted by Gasteiger charge is -2.09. The number of hydrogen-bond acceptors (Lipinski definition) is 6. The molecule has 0 aliphatic rings. The first-order chi connectivity index (χ1) is 12.0. The highest BCUT2D eigenvalue weighted by Gasteiger charge is 2.21. The number of ether oxygens (including phenoxy) is 3. The van der Waals surface area contributed by atoms with Gasteiger partial charge >= 0.3 is 12.2 Å². The molecule has 2 aromatic rings. The second-order valence-electron chi connectivity index (χ2n) is 4.97. The fraction of sp³-hybridized carbons (Fsp3) is 0.167. The van der Waals surface area contributed by atoms with Crippen LogP contribution in [-0.4, -0.2) is 35.8 Å². The van der Waals surface area contributed by atoms with Gasteiger partial charge in [0, 0.05) is 17.0 Å². The third kappa shape index (κ3) is 4.14. The van der Waals surface area contributed by atoms with Gasteiger partial charge in [-0.1, -0.05) is 25.3 Å². The molecule has 0 fully saturated rings. The Morgan fingerprint density at radius 3 is 2.40 bits per heavy atom. The maximum Gasteiger partial charge on any atom is 0.515 e. The zero-order valence-corrected chi connectivity index (χ0v) is 13.7. The zero-order chi connectivity index (χ0) is 18.4. The molecule has 0 atom stereocenters. The molecule has 0 saturated carbocycles. The van der Waals surface area contributed by atoms with Crippen LogP contribution in [0.5, 0.6) is 5.88 Å². The quantitative estimate of drug-likeness (QED) is 0.451. The second kappa shape index (κ2) is 7.96. The predicted molar refractivity (Wildman–Crippen MR) is 91.1 cm³/mol. The predicted octanol–water partition coefficient (Wildman–Crippen LogP) is 3.72. The molecule has 0 saturated heterocycles. The maximum absolute atomic E-state index is 12.3. The lowest BCUT2D eigenvalue weighted by atomic mass is 10.1. The molecule has 2 rings (SSSR count). The number of benzene rings is 1. The minimum Gasteiger partial charge on any atom is -0.445 e. The molecular weight excluding hydrogens is 326 g/mol. The van der Waals surface area contributed by atoms with Crippen LogP contribution < -0.4 is 4.74 Å². The van der Waals surface area contributed by atoms with Crippen LogP contribution in [0.3, 0.4) is 0 Å². The van der Waals surface area contributed by atoms with E-state index in [-0.39, 0.29) is 24.9 Å². The Bertz CT molecular complexity index is 849. The van der Waals surface area contributed by atoms with Crippen molar-refractivity contribution < 1.29 is 28.6 Å². The fourth-order valence-electron chi connectivity index (χ4n) is 2.11. The summed E-state index contributed by atoms with van der Waals surface area (Å²) >= 11 is 0.